The van der Waals surface area contributed by atoms with E-state index in [4.69, 9.17) is 0 Å². The number of hydrogen-bond acceptors (Lipinski definition) is 0. The molecule has 3 fully saturated rings. The van der Waals surface area contributed by atoms with Crippen LogP contribution in [0.25, 0.3) is 0 Å². The van der Waals surface area contributed by atoms with Crippen LogP contribution in [0, 0.1) is 28.6 Å². The highest BCUT2D eigenvalue weighted by molar-refractivity contribution is 4.92. The van der Waals surface area contributed by atoms with Crippen LogP contribution in [0.15, 0.2) is 0 Å². The molecule has 0 atom stereocenters. The van der Waals surface area contributed by atoms with Gasteiger partial charge in [-0.3, -0.25) is 0 Å². The highest BCUT2D eigenvalue weighted by atomic mass is 19.3. The summed E-state index contributed by atoms with van der Waals surface area (Å²) >= 11 is 0. The van der Waals surface area contributed by atoms with Crippen molar-refractivity contribution in [1.82, 2.24) is 0 Å². The fraction of sp³-hybridized carbons (Fsp3) is 1.00. The van der Waals surface area contributed by atoms with E-state index in [9.17, 15) is 8.78 Å². The summed E-state index contributed by atoms with van der Waals surface area (Å²) < 4.78 is 24.9. The quantitative estimate of drug-likeness (QED) is 0.370. The van der Waals surface area contributed by atoms with Crippen molar-refractivity contribution in [2.24, 2.45) is 28.6 Å². The standard InChI is InChI=1S/2C9H18.C7H12F2/c1-4-9(2,3)7-8-5-6-8;1-4-9(5-6-9)7-8(2)3;1-2-7(8,9)5-6-3-4-6/h2*8H,4-7H2,1-3H3;6H,2-5H2,1H3. The Labute approximate surface area is 169 Å². The first-order valence-electron chi connectivity index (χ1n) is 11.8. The Bertz CT molecular complexity index is 364. The summed E-state index contributed by atoms with van der Waals surface area (Å²) in [4.78, 5) is 0. The molecule has 0 heterocycles. The second kappa shape index (κ2) is 10.6. The van der Waals surface area contributed by atoms with E-state index in [-0.39, 0.29) is 12.8 Å². The molecule has 3 saturated carbocycles. The first kappa shape index (κ1) is 24.9. The zero-order valence-electron chi connectivity index (χ0n) is 19.5. The van der Waals surface area contributed by atoms with Gasteiger partial charge < -0.3 is 0 Å². The number of alkyl halides is 2. The third kappa shape index (κ3) is 12.1. The minimum Gasteiger partial charge on any atom is -0.207 e. The Morgan fingerprint density at radius 2 is 1.33 bits per heavy atom. The molecule has 3 rings (SSSR count). The molecule has 3 aliphatic rings. The summed E-state index contributed by atoms with van der Waals surface area (Å²) in [7, 11) is 0. The molecule has 27 heavy (non-hydrogen) atoms. The molecule has 0 nitrogen and oxygen atoms in total. The normalized spacial score (nSPS) is 21.1. The largest absolute Gasteiger partial charge is 0.248 e. The number of hydrogen-bond donors (Lipinski definition) is 0. The van der Waals surface area contributed by atoms with Crippen LogP contribution in [0.2, 0.25) is 0 Å². The molecule has 0 N–H and O–H groups in total. The van der Waals surface area contributed by atoms with Gasteiger partial charge in [0.2, 0.25) is 5.92 Å². The van der Waals surface area contributed by atoms with Gasteiger partial charge in [0.25, 0.3) is 0 Å². The maximum Gasteiger partial charge on any atom is 0.248 e. The molecule has 0 saturated heterocycles. The van der Waals surface area contributed by atoms with E-state index in [0.717, 1.165) is 30.1 Å². The highest BCUT2D eigenvalue weighted by Gasteiger charge is 2.40. The lowest BCUT2D eigenvalue weighted by molar-refractivity contribution is -0.0166. The molecule has 162 valence electrons. The van der Waals surface area contributed by atoms with Gasteiger partial charge in [-0.1, -0.05) is 74.1 Å². The van der Waals surface area contributed by atoms with Gasteiger partial charge in [-0.2, -0.15) is 0 Å². The zero-order chi connectivity index (χ0) is 20.7. The maximum atomic E-state index is 12.4. The topological polar surface area (TPSA) is 0 Å². The van der Waals surface area contributed by atoms with Crippen molar-refractivity contribution in [3.63, 3.8) is 0 Å². The van der Waals surface area contributed by atoms with Gasteiger partial charge in [0, 0.05) is 12.8 Å². The van der Waals surface area contributed by atoms with Crippen molar-refractivity contribution in [3.8, 4) is 0 Å². The molecule has 0 aromatic rings. The second-order valence-electron chi connectivity index (χ2n) is 11.0. The Balaban J connectivity index is 0.000000202. The van der Waals surface area contributed by atoms with Crippen LogP contribution in [0.1, 0.15) is 126 Å². The van der Waals surface area contributed by atoms with Crippen molar-refractivity contribution < 1.29 is 8.78 Å². The lowest BCUT2D eigenvalue weighted by atomic mass is 9.84. The Morgan fingerprint density at radius 1 is 0.852 bits per heavy atom. The smallest absolute Gasteiger partial charge is 0.207 e. The Hall–Kier alpha value is -0.140. The van der Waals surface area contributed by atoms with Crippen LogP contribution in [-0.2, 0) is 0 Å². The van der Waals surface area contributed by atoms with Crippen LogP contribution in [-0.4, -0.2) is 5.92 Å². The van der Waals surface area contributed by atoms with Crippen molar-refractivity contribution in [1.29, 1.82) is 0 Å². The van der Waals surface area contributed by atoms with Gasteiger partial charge in [0.05, 0.1) is 0 Å². The van der Waals surface area contributed by atoms with E-state index in [2.05, 4.69) is 41.5 Å². The first-order chi connectivity index (χ1) is 12.5. The lowest BCUT2D eigenvalue weighted by Gasteiger charge is -2.21. The molecular formula is C25H48F2. The minimum atomic E-state index is -2.37. The predicted octanol–water partition coefficient (Wildman–Crippen LogP) is 9.28. The van der Waals surface area contributed by atoms with Crippen LogP contribution >= 0.6 is 0 Å². The maximum absolute atomic E-state index is 12.4. The molecule has 0 spiro atoms. The molecule has 3 aliphatic carbocycles. The molecule has 0 bridgehead atoms. The van der Waals surface area contributed by atoms with E-state index in [1.165, 1.54) is 51.4 Å². The van der Waals surface area contributed by atoms with E-state index in [1.807, 2.05) is 0 Å². The number of halogens is 2. The zero-order valence-corrected chi connectivity index (χ0v) is 19.5. The van der Waals surface area contributed by atoms with Crippen LogP contribution in [0.3, 0.4) is 0 Å². The first-order valence-corrected chi connectivity index (χ1v) is 11.8. The van der Waals surface area contributed by atoms with Gasteiger partial charge in [-0.25, -0.2) is 8.78 Å². The average Bonchev–Trinajstić information content (AvgIpc) is 3.39. The van der Waals surface area contributed by atoms with Gasteiger partial charge in [-0.05, 0) is 67.1 Å². The molecule has 2 heteroatoms. The molecular weight excluding hydrogens is 338 g/mol. The predicted molar refractivity (Wildman–Crippen MR) is 115 cm³/mol. The average molecular weight is 387 g/mol. The fourth-order valence-electron chi connectivity index (χ4n) is 3.88. The molecule has 0 amide bonds. The van der Waals surface area contributed by atoms with Crippen molar-refractivity contribution in [3.05, 3.63) is 0 Å². The van der Waals surface area contributed by atoms with Crippen molar-refractivity contribution in [2.75, 3.05) is 0 Å². The SMILES string of the molecule is CCC(C)(C)CC1CC1.CCC(F)(F)CC1CC1.CCC1(CC(C)C)CC1. The second-order valence-corrected chi connectivity index (χ2v) is 11.0. The summed E-state index contributed by atoms with van der Waals surface area (Å²) in [5, 5.41) is 0. The minimum absolute atomic E-state index is 0.00347. The Morgan fingerprint density at radius 3 is 1.59 bits per heavy atom. The molecule has 0 unspecified atom stereocenters. The van der Waals surface area contributed by atoms with Crippen LogP contribution < -0.4 is 0 Å². The van der Waals surface area contributed by atoms with Gasteiger partial charge >= 0.3 is 0 Å². The van der Waals surface area contributed by atoms with Gasteiger partial charge in [-0.15, -0.1) is 0 Å². The molecule has 0 radical (unpaired) electrons. The van der Waals surface area contributed by atoms with E-state index >= 15 is 0 Å². The van der Waals surface area contributed by atoms with Crippen molar-refractivity contribution in [2.45, 2.75) is 131 Å². The molecule has 0 aliphatic heterocycles. The van der Waals surface area contributed by atoms with E-state index in [1.54, 1.807) is 6.92 Å². The summed E-state index contributed by atoms with van der Waals surface area (Å²) in [6.07, 6.45) is 13.9. The van der Waals surface area contributed by atoms with Gasteiger partial charge in [0.1, 0.15) is 0 Å². The van der Waals surface area contributed by atoms with Gasteiger partial charge in [0.15, 0.2) is 0 Å². The monoisotopic (exact) mass is 386 g/mol. The number of rotatable bonds is 9. The summed E-state index contributed by atoms with van der Waals surface area (Å²) in [5.74, 6) is -0.0198. The Kier molecular flexibility index (Phi) is 9.76. The molecule has 0 aromatic carbocycles. The lowest BCUT2D eigenvalue weighted by Crippen LogP contribution is -2.14. The van der Waals surface area contributed by atoms with Crippen LogP contribution in [0.4, 0.5) is 8.78 Å². The van der Waals surface area contributed by atoms with Crippen molar-refractivity contribution >= 4 is 0 Å². The highest BCUT2D eigenvalue weighted by Crippen LogP contribution is 2.53. The third-order valence-corrected chi connectivity index (χ3v) is 6.85. The summed E-state index contributed by atoms with van der Waals surface area (Å²) in [5.41, 5.74) is 1.44. The third-order valence-electron chi connectivity index (χ3n) is 6.85. The summed E-state index contributed by atoms with van der Waals surface area (Å²) in [6.45, 7) is 15.6. The molecule has 0 aromatic heterocycles. The fourth-order valence-corrected chi connectivity index (χ4v) is 3.88. The summed E-state index contributed by atoms with van der Waals surface area (Å²) in [6, 6.07) is 0. The van der Waals surface area contributed by atoms with E-state index in [0.29, 0.717) is 11.3 Å². The van der Waals surface area contributed by atoms with E-state index < -0.39 is 5.92 Å². The van der Waals surface area contributed by atoms with Crippen LogP contribution in [0.5, 0.6) is 0 Å².